The summed E-state index contributed by atoms with van der Waals surface area (Å²) >= 11 is 0. The smallest absolute Gasteiger partial charge is 0.251 e. The van der Waals surface area contributed by atoms with Gasteiger partial charge in [0.2, 0.25) is 0 Å². The molecular formula is C18H17FN2O3. The van der Waals surface area contributed by atoms with Crippen LogP contribution in [0, 0.1) is 5.82 Å². The Hall–Kier alpha value is -2.86. The van der Waals surface area contributed by atoms with E-state index in [1.165, 1.54) is 18.2 Å². The van der Waals surface area contributed by atoms with E-state index in [1.807, 2.05) is 12.1 Å². The number of benzene rings is 2. The second kappa shape index (κ2) is 7.14. The van der Waals surface area contributed by atoms with Crippen molar-refractivity contribution in [1.82, 2.24) is 10.3 Å². The summed E-state index contributed by atoms with van der Waals surface area (Å²) in [4.78, 5) is 15.1. The summed E-state index contributed by atoms with van der Waals surface area (Å²) in [5, 5.41) is 13.5. The summed E-state index contributed by atoms with van der Waals surface area (Å²) in [7, 11) is 0. The Balaban J connectivity index is 1.50. The van der Waals surface area contributed by atoms with E-state index >= 15 is 0 Å². The zero-order valence-electron chi connectivity index (χ0n) is 12.8. The van der Waals surface area contributed by atoms with Gasteiger partial charge in [-0.15, -0.1) is 0 Å². The molecule has 0 aliphatic heterocycles. The molecule has 0 saturated heterocycles. The molecule has 0 saturated carbocycles. The largest absolute Gasteiger partial charge is 0.491 e. The molecule has 1 aromatic heterocycles. The molecule has 6 heteroatoms. The first-order valence-electron chi connectivity index (χ1n) is 7.53. The molecule has 0 fully saturated rings. The Bertz CT molecular complexity index is 847. The average Bonchev–Trinajstić information content (AvgIpc) is 3.05. The number of rotatable bonds is 6. The number of ether oxygens (including phenoxy) is 1. The fourth-order valence-electron chi connectivity index (χ4n) is 2.31. The predicted molar refractivity (Wildman–Crippen MR) is 88.5 cm³/mol. The van der Waals surface area contributed by atoms with E-state index in [1.54, 1.807) is 24.4 Å². The first-order valence-corrected chi connectivity index (χ1v) is 7.53. The number of nitrogens with one attached hydrogen (secondary N) is 2. The monoisotopic (exact) mass is 328 g/mol. The maximum absolute atomic E-state index is 13.0. The minimum Gasteiger partial charge on any atom is -0.491 e. The van der Waals surface area contributed by atoms with E-state index in [0.717, 1.165) is 10.9 Å². The van der Waals surface area contributed by atoms with Crippen LogP contribution >= 0.6 is 0 Å². The molecule has 1 atom stereocenters. The maximum atomic E-state index is 13.0. The Morgan fingerprint density at radius 3 is 2.96 bits per heavy atom. The topological polar surface area (TPSA) is 74.3 Å². The highest BCUT2D eigenvalue weighted by atomic mass is 19.1. The first kappa shape index (κ1) is 16.0. The van der Waals surface area contributed by atoms with Crippen LogP contribution in [0.15, 0.2) is 54.7 Å². The van der Waals surface area contributed by atoms with E-state index in [-0.39, 0.29) is 19.1 Å². The molecule has 24 heavy (non-hydrogen) atoms. The van der Waals surface area contributed by atoms with Crippen LogP contribution in [0.4, 0.5) is 4.39 Å². The van der Waals surface area contributed by atoms with Gasteiger partial charge in [-0.3, -0.25) is 4.79 Å². The van der Waals surface area contributed by atoms with Gasteiger partial charge in [-0.1, -0.05) is 12.1 Å². The standard InChI is InChI=1S/C18H17FN2O3/c19-14-2-1-3-16(9-14)24-11-15(22)10-21-18(23)13-5-4-12-6-7-20-17(12)8-13/h1-9,15,20,22H,10-11H2,(H,21,23)/t15-/m0/s1. The molecule has 0 radical (unpaired) electrons. The number of hydrogen-bond donors (Lipinski definition) is 3. The number of halogens is 1. The number of hydrogen-bond acceptors (Lipinski definition) is 3. The molecule has 0 spiro atoms. The van der Waals surface area contributed by atoms with Crippen molar-refractivity contribution in [2.45, 2.75) is 6.10 Å². The summed E-state index contributed by atoms with van der Waals surface area (Å²) < 4.78 is 18.3. The third kappa shape index (κ3) is 3.91. The number of carbonyl (C=O) groups is 1. The first-order chi connectivity index (χ1) is 11.6. The van der Waals surface area contributed by atoms with Crippen LogP contribution in [0.3, 0.4) is 0 Å². The SMILES string of the molecule is O=C(NC[C@H](O)COc1cccc(F)c1)c1ccc2cc[nH]c2c1. The second-order valence-electron chi connectivity index (χ2n) is 5.41. The zero-order chi connectivity index (χ0) is 16.9. The minimum atomic E-state index is -0.897. The average molecular weight is 328 g/mol. The van der Waals surface area contributed by atoms with Crippen LogP contribution in [0.2, 0.25) is 0 Å². The second-order valence-corrected chi connectivity index (χ2v) is 5.41. The van der Waals surface area contributed by atoms with Crippen molar-refractivity contribution in [3.63, 3.8) is 0 Å². The van der Waals surface area contributed by atoms with Crippen molar-refractivity contribution in [2.75, 3.05) is 13.2 Å². The lowest BCUT2D eigenvalue weighted by Gasteiger charge is -2.13. The van der Waals surface area contributed by atoms with Crippen LogP contribution in [0.5, 0.6) is 5.75 Å². The molecule has 2 aromatic carbocycles. The molecule has 124 valence electrons. The molecule has 0 aliphatic carbocycles. The third-order valence-corrected chi connectivity index (χ3v) is 3.55. The molecule has 3 rings (SSSR count). The molecule has 3 aromatic rings. The molecule has 1 heterocycles. The summed E-state index contributed by atoms with van der Waals surface area (Å²) in [6.07, 6.45) is 0.909. The van der Waals surface area contributed by atoms with E-state index in [4.69, 9.17) is 4.74 Å². The van der Waals surface area contributed by atoms with Crippen molar-refractivity contribution in [3.05, 3.63) is 66.1 Å². The summed E-state index contributed by atoms with van der Waals surface area (Å²) in [5.74, 6) is -0.358. The molecule has 5 nitrogen and oxygen atoms in total. The highest BCUT2D eigenvalue weighted by Gasteiger charge is 2.11. The van der Waals surface area contributed by atoms with Gasteiger partial charge in [0.25, 0.3) is 5.91 Å². The highest BCUT2D eigenvalue weighted by molar-refractivity contribution is 5.97. The van der Waals surface area contributed by atoms with Crippen LogP contribution in [-0.4, -0.2) is 35.3 Å². The van der Waals surface area contributed by atoms with Gasteiger partial charge in [0.1, 0.15) is 24.3 Å². The maximum Gasteiger partial charge on any atom is 0.251 e. The van der Waals surface area contributed by atoms with Crippen molar-refractivity contribution in [2.24, 2.45) is 0 Å². The molecule has 0 unspecified atom stereocenters. The van der Waals surface area contributed by atoms with E-state index < -0.39 is 11.9 Å². The number of aliphatic hydroxyl groups excluding tert-OH is 1. The summed E-state index contributed by atoms with van der Waals surface area (Å²) in [5.41, 5.74) is 1.38. The van der Waals surface area contributed by atoms with Gasteiger partial charge in [0.15, 0.2) is 0 Å². The molecule has 0 bridgehead atoms. The number of fused-ring (bicyclic) bond motifs is 1. The molecule has 3 N–H and O–H groups in total. The fraction of sp³-hybridized carbons (Fsp3) is 0.167. The summed E-state index contributed by atoms with van der Waals surface area (Å²) in [6.45, 7) is -0.00366. The number of aromatic nitrogens is 1. The van der Waals surface area contributed by atoms with Crippen LogP contribution < -0.4 is 10.1 Å². The number of H-pyrrole nitrogens is 1. The van der Waals surface area contributed by atoms with E-state index in [2.05, 4.69) is 10.3 Å². The zero-order valence-corrected chi connectivity index (χ0v) is 12.8. The van der Waals surface area contributed by atoms with Crippen molar-refractivity contribution < 1.29 is 19.0 Å². The predicted octanol–water partition coefficient (Wildman–Crippen LogP) is 2.48. The van der Waals surface area contributed by atoms with Crippen LogP contribution in [0.1, 0.15) is 10.4 Å². The van der Waals surface area contributed by atoms with Gasteiger partial charge < -0.3 is 20.1 Å². The fourth-order valence-corrected chi connectivity index (χ4v) is 2.31. The van der Waals surface area contributed by atoms with Gasteiger partial charge >= 0.3 is 0 Å². The van der Waals surface area contributed by atoms with Crippen LogP contribution in [-0.2, 0) is 0 Å². The van der Waals surface area contributed by atoms with E-state index in [0.29, 0.717) is 11.3 Å². The highest BCUT2D eigenvalue weighted by Crippen LogP contribution is 2.14. The van der Waals surface area contributed by atoms with E-state index in [9.17, 15) is 14.3 Å². The molecular weight excluding hydrogens is 311 g/mol. The number of aromatic amines is 1. The Morgan fingerprint density at radius 1 is 1.25 bits per heavy atom. The van der Waals surface area contributed by atoms with Gasteiger partial charge in [-0.05, 0) is 35.7 Å². The van der Waals surface area contributed by atoms with Gasteiger partial charge in [-0.25, -0.2) is 4.39 Å². The third-order valence-electron chi connectivity index (χ3n) is 3.55. The van der Waals surface area contributed by atoms with Crippen molar-refractivity contribution in [1.29, 1.82) is 0 Å². The Morgan fingerprint density at radius 2 is 2.12 bits per heavy atom. The Labute approximate surface area is 138 Å². The van der Waals surface area contributed by atoms with Gasteiger partial charge in [-0.2, -0.15) is 0 Å². The van der Waals surface area contributed by atoms with Gasteiger partial charge in [0.05, 0.1) is 0 Å². The lowest BCUT2D eigenvalue weighted by Crippen LogP contribution is -2.35. The molecule has 1 amide bonds. The van der Waals surface area contributed by atoms with Crippen molar-refractivity contribution >= 4 is 16.8 Å². The lowest BCUT2D eigenvalue weighted by atomic mass is 10.1. The Kier molecular flexibility index (Phi) is 4.77. The normalized spacial score (nSPS) is 12.1. The lowest BCUT2D eigenvalue weighted by molar-refractivity contribution is 0.0843. The molecule has 0 aliphatic rings. The summed E-state index contributed by atoms with van der Waals surface area (Å²) in [6, 6.07) is 12.9. The van der Waals surface area contributed by atoms with Crippen molar-refractivity contribution in [3.8, 4) is 5.75 Å². The van der Waals surface area contributed by atoms with Crippen LogP contribution in [0.25, 0.3) is 10.9 Å². The number of carbonyl (C=O) groups excluding carboxylic acids is 1. The quantitative estimate of drug-likeness (QED) is 0.651. The van der Waals surface area contributed by atoms with Gasteiger partial charge in [0, 0.05) is 29.9 Å². The number of aliphatic hydroxyl groups is 1. The number of amides is 1. The minimum absolute atomic E-state index is 0.0386.